The van der Waals surface area contributed by atoms with E-state index in [-0.39, 0.29) is 6.61 Å². The lowest BCUT2D eigenvalue weighted by Crippen LogP contribution is -2.43. The van der Waals surface area contributed by atoms with Crippen LogP contribution in [0.15, 0.2) is 48.5 Å². The molecule has 1 fully saturated rings. The van der Waals surface area contributed by atoms with Gasteiger partial charge in [-0.25, -0.2) is 0 Å². The second kappa shape index (κ2) is 9.78. The van der Waals surface area contributed by atoms with Gasteiger partial charge in [-0.1, -0.05) is 18.2 Å². The Kier molecular flexibility index (Phi) is 6.90. The minimum atomic E-state index is -0.791. The standard InChI is InChI=1S/C22H26N4O4/c1-15(24-20(27)14-30-17-7-3-2-4-8-17)22(29)25-18-13-16(21(23)28)9-10-19(18)26-11-5-6-12-26/h2-4,7-10,13,15H,5-6,11-12,14H2,1H3,(H2,23,28)(H,24,27)(H,25,29). The van der Waals surface area contributed by atoms with Crippen LogP contribution in [0.4, 0.5) is 11.4 Å². The number of amides is 3. The quantitative estimate of drug-likeness (QED) is 0.615. The van der Waals surface area contributed by atoms with Crippen LogP contribution < -0.4 is 26.0 Å². The van der Waals surface area contributed by atoms with Gasteiger partial charge in [0.2, 0.25) is 11.8 Å². The van der Waals surface area contributed by atoms with Gasteiger partial charge in [-0.2, -0.15) is 0 Å². The number of nitrogens with two attached hydrogens (primary N) is 1. The van der Waals surface area contributed by atoms with Crippen molar-refractivity contribution < 1.29 is 19.1 Å². The molecule has 0 aliphatic carbocycles. The summed E-state index contributed by atoms with van der Waals surface area (Å²) in [6.45, 7) is 3.14. The predicted molar refractivity (Wildman–Crippen MR) is 115 cm³/mol. The number of benzene rings is 2. The van der Waals surface area contributed by atoms with Gasteiger partial charge in [-0.15, -0.1) is 0 Å². The smallest absolute Gasteiger partial charge is 0.258 e. The van der Waals surface area contributed by atoms with Crippen LogP contribution in [0.2, 0.25) is 0 Å². The van der Waals surface area contributed by atoms with E-state index in [0.29, 0.717) is 17.0 Å². The molecule has 0 radical (unpaired) electrons. The molecule has 158 valence electrons. The Labute approximate surface area is 175 Å². The monoisotopic (exact) mass is 410 g/mol. The van der Waals surface area contributed by atoms with E-state index in [2.05, 4.69) is 15.5 Å². The lowest BCUT2D eigenvalue weighted by Gasteiger charge is -2.23. The van der Waals surface area contributed by atoms with Crippen molar-refractivity contribution in [3.8, 4) is 5.75 Å². The third-order valence-electron chi connectivity index (χ3n) is 4.87. The summed E-state index contributed by atoms with van der Waals surface area (Å²) >= 11 is 0. The molecule has 1 saturated heterocycles. The van der Waals surface area contributed by atoms with Crippen LogP contribution >= 0.6 is 0 Å². The number of anilines is 2. The average Bonchev–Trinajstić information content (AvgIpc) is 3.27. The van der Waals surface area contributed by atoms with Crippen LogP contribution in [-0.4, -0.2) is 43.5 Å². The van der Waals surface area contributed by atoms with E-state index in [4.69, 9.17) is 10.5 Å². The number of hydrogen-bond acceptors (Lipinski definition) is 5. The highest BCUT2D eigenvalue weighted by atomic mass is 16.5. The average molecular weight is 410 g/mol. The Hall–Kier alpha value is -3.55. The molecular formula is C22H26N4O4. The fourth-order valence-corrected chi connectivity index (χ4v) is 3.28. The first kappa shape index (κ1) is 21.2. The molecule has 4 N–H and O–H groups in total. The van der Waals surface area contributed by atoms with Crippen LogP contribution in [0, 0.1) is 0 Å². The molecule has 30 heavy (non-hydrogen) atoms. The van der Waals surface area contributed by atoms with Crippen molar-refractivity contribution in [3.05, 3.63) is 54.1 Å². The molecule has 0 spiro atoms. The van der Waals surface area contributed by atoms with Gasteiger partial charge < -0.3 is 26.0 Å². The summed E-state index contributed by atoms with van der Waals surface area (Å²) in [6, 6.07) is 13.2. The zero-order valence-corrected chi connectivity index (χ0v) is 16.9. The van der Waals surface area contributed by atoms with Crippen molar-refractivity contribution in [1.29, 1.82) is 0 Å². The number of nitrogens with one attached hydrogen (secondary N) is 2. The Balaban J connectivity index is 1.62. The highest BCUT2D eigenvalue weighted by molar-refractivity contribution is 6.02. The van der Waals surface area contributed by atoms with Gasteiger partial charge in [0.05, 0.1) is 11.4 Å². The van der Waals surface area contributed by atoms with E-state index in [1.165, 1.54) is 0 Å². The van der Waals surface area contributed by atoms with Gasteiger partial charge in [0, 0.05) is 18.7 Å². The maximum Gasteiger partial charge on any atom is 0.258 e. The van der Waals surface area contributed by atoms with Crippen molar-refractivity contribution in [2.75, 3.05) is 29.9 Å². The van der Waals surface area contributed by atoms with Gasteiger partial charge in [0.15, 0.2) is 6.61 Å². The highest BCUT2D eigenvalue weighted by Gasteiger charge is 2.21. The molecule has 0 saturated carbocycles. The van der Waals surface area contributed by atoms with Crippen LogP contribution in [0.5, 0.6) is 5.75 Å². The fraction of sp³-hybridized carbons (Fsp3) is 0.318. The molecule has 1 atom stereocenters. The van der Waals surface area contributed by atoms with Crippen molar-refractivity contribution >= 4 is 29.1 Å². The van der Waals surface area contributed by atoms with Gasteiger partial charge in [-0.05, 0) is 50.1 Å². The number of rotatable bonds is 8. The van der Waals surface area contributed by atoms with Crippen LogP contribution in [0.3, 0.4) is 0 Å². The zero-order valence-electron chi connectivity index (χ0n) is 16.9. The molecule has 1 unspecified atom stereocenters. The van der Waals surface area contributed by atoms with Crippen molar-refractivity contribution in [3.63, 3.8) is 0 Å². The number of primary amides is 1. The number of nitrogens with zero attached hydrogens (tertiary/aromatic N) is 1. The van der Waals surface area contributed by atoms with E-state index >= 15 is 0 Å². The number of ether oxygens (including phenoxy) is 1. The third-order valence-corrected chi connectivity index (χ3v) is 4.87. The summed E-state index contributed by atoms with van der Waals surface area (Å²) < 4.78 is 5.39. The summed E-state index contributed by atoms with van der Waals surface area (Å²) in [4.78, 5) is 38.5. The Morgan fingerprint density at radius 1 is 1.10 bits per heavy atom. The molecule has 8 heteroatoms. The summed E-state index contributed by atoms with van der Waals surface area (Å²) in [5.74, 6) is -0.807. The summed E-state index contributed by atoms with van der Waals surface area (Å²) in [5.41, 5.74) is 7.02. The van der Waals surface area contributed by atoms with Gasteiger partial charge in [-0.3, -0.25) is 14.4 Å². The Morgan fingerprint density at radius 3 is 2.47 bits per heavy atom. The number of para-hydroxylation sites is 1. The summed E-state index contributed by atoms with van der Waals surface area (Å²) in [6.07, 6.45) is 2.14. The van der Waals surface area contributed by atoms with E-state index < -0.39 is 23.8 Å². The van der Waals surface area contributed by atoms with E-state index in [1.54, 1.807) is 37.3 Å². The minimum absolute atomic E-state index is 0.197. The van der Waals surface area contributed by atoms with E-state index in [0.717, 1.165) is 31.6 Å². The van der Waals surface area contributed by atoms with Crippen molar-refractivity contribution in [2.24, 2.45) is 5.73 Å². The second-order valence-electron chi connectivity index (χ2n) is 7.17. The van der Waals surface area contributed by atoms with Crippen molar-refractivity contribution in [1.82, 2.24) is 5.32 Å². The SMILES string of the molecule is CC(NC(=O)COc1ccccc1)C(=O)Nc1cc(C(N)=O)ccc1N1CCCC1. The molecule has 1 aliphatic heterocycles. The maximum absolute atomic E-state index is 12.7. The largest absolute Gasteiger partial charge is 0.484 e. The predicted octanol–water partition coefficient (Wildman–Crippen LogP) is 1.91. The molecule has 3 amide bonds. The van der Waals surface area contributed by atoms with Crippen LogP contribution in [-0.2, 0) is 9.59 Å². The van der Waals surface area contributed by atoms with Gasteiger partial charge in [0.1, 0.15) is 11.8 Å². The van der Waals surface area contributed by atoms with E-state index in [9.17, 15) is 14.4 Å². The summed E-state index contributed by atoms with van der Waals surface area (Å²) in [7, 11) is 0. The Morgan fingerprint density at radius 2 is 1.80 bits per heavy atom. The molecule has 1 aliphatic rings. The molecule has 0 bridgehead atoms. The van der Waals surface area contributed by atoms with Gasteiger partial charge >= 0.3 is 0 Å². The molecule has 1 heterocycles. The lowest BCUT2D eigenvalue weighted by molar-refractivity contribution is -0.127. The first-order valence-corrected chi connectivity index (χ1v) is 9.91. The zero-order chi connectivity index (χ0) is 21.5. The van der Waals surface area contributed by atoms with E-state index in [1.807, 2.05) is 18.2 Å². The van der Waals surface area contributed by atoms with Crippen molar-refractivity contribution in [2.45, 2.75) is 25.8 Å². The molecule has 0 aromatic heterocycles. The molecular weight excluding hydrogens is 384 g/mol. The minimum Gasteiger partial charge on any atom is -0.484 e. The topological polar surface area (TPSA) is 114 Å². The maximum atomic E-state index is 12.7. The molecule has 2 aromatic carbocycles. The third kappa shape index (κ3) is 5.50. The first-order valence-electron chi connectivity index (χ1n) is 9.91. The number of hydrogen-bond donors (Lipinski definition) is 3. The number of carbonyl (C=O) groups excluding carboxylic acids is 3. The van der Waals surface area contributed by atoms with Gasteiger partial charge in [0.25, 0.3) is 5.91 Å². The second-order valence-corrected chi connectivity index (χ2v) is 7.17. The fourth-order valence-electron chi connectivity index (χ4n) is 3.28. The molecule has 3 rings (SSSR count). The molecule has 8 nitrogen and oxygen atoms in total. The van der Waals surface area contributed by atoms with Crippen LogP contribution in [0.25, 0.3) is 0 Å². The normalized spacial score (nSPS) is 14.1. The molecule has 2 aromatic rings. The highest BCUT2D eigenvalue weighted by Crippen LogP contribution is 2.30. The summed E-state index contributed by atoms with van der Waals surface area (Å²) in [5, 5.41) is 5.43. The van der Waals surface area contributed by atoms with Crippen LogP contribution in [0.1, 0.15) is 30.1 Å². The number of carbonyl (C=O) groups is 3. The Bertz CT molecular complexity index is 911. The first-order chi connectivity index (χ1) is 14.4. The lowest BCUT2D eigenvalue weighted by atomic mass is 10.1.